The van der Waals surface area contributed by atoms with Crippen molar-refractivity contribution in [2.75, 3.05) is 0 Å². The first kappa shape index (κ1) is 18.7. The smallest absolute Gasteiger partial charge is 0.549 e. The summed E-state index contributed by atoms with van der Waals surface area (Å²) in [4.78, 5) is 20.3. The van der Waals surface area contributed by atoms with Gasteiger partial charge in [-0.1, -0.05) is 18.2 Å². The zero-order chi connectivity index (χ0) is 11.6. The normalized spacial score (nSPS) is 17.3. The summed E-state index contributed by atoms with van der Waals surface area (Å²) in [6.45, 7) is 0. The predicted octanol–water partition coefficient (Wildman–Crippen LogP) is -9.34. The van der Waals surface area contributed by atoms with Gasteiger partial charge in [0.25, 0.3) is 0 Å². The van der Waals surface area contributed by atoms with E-state index in [-0.39, 0.29) is 37.7 Å². The molecule has 1 atom stereocenters. The van der Waals surface area contributed by atoms with Gasteiger partial charge in [-0.2, -0.15) is 8.42 Å². The quantitative estimate of drug-likeness (QED) is 0.351. The van der Waals surface area contributed by atoms with E-state index in [4.69, 9.17) is 0 Å². The van der Waals surface area contributed by atoms with E-state index in [1.165, 1.54) is 0 Å². The fraction of sp³-hybridized carbons (Fsp3) is 0.125. The molecule has 6 nitrogen and oxygen atoms in total. The predicted molar refractivity (Wildman–Crippen MR) is 44.7 cm³/mol. The van der Waals surface area contributed by atoms with Crippen molar-refractivity contribution in [3.8, 4) is 0 Å². The number of carbonyl (C=O) groups is 2. The second kappa shape index (κ2) is 7.60. The van der Waals surface area contributed by atoms with E-state index in [9.17, 15) is 28.2 Å². The molecule has 1 unspecified atom stereocenters. The third-order valence-corrected chi connectivity index (χ3v) is 2.60. The first-order valence-corrected chi connectivity index (χ1v) is 4.79. The van der Waals surface area contributed by atoms with Crippen molar-refractivity contribution in [3.05, 3.63) is 23.8 Å². The fourth-order valence-corrected chi connectivity index (χ4v) is 1.86. The maximum Gasteiger partial charge on any atom is 1.00 e. The molecule has 0 fully saturated rings. The Kier molecular flexibility index (Phi) is 8.34. The molecule has 0 amide bonds. The molecule has 1 rings (SSSR count). The zero-order valence-electron chi connectivity index (χ0n) is 9.17. The topological polar surface area (TPSA) is 114 Å². The third kappa shape index (κ3) is 4.23. The van der Waals surface area contributed by atoms with Crippen LogP contribution in [0.4, 0.5) is 0 Å². The number of carboxylic acid groups (broad SMARTS) is 2. The summed E-state index contributed by atoms with van der Waals surface area (Å²) < 4.78 is 21.4. The average Bonchev–Trinajstić information content (AvgIpc) is 2.16. The van der Waals surface area contributed by atoms with Crippen LogP contribution in [-0.2, 0) is 19.9 Å². The van der Waals surface area contributed by atoms with Gasteiger partial charge in [0.2, 0.25) is 10.3 Å². The molecule has 0 bridgehead atoms. The molecular formula is C8H4Li2O6S. The van der Waals surface area contributed by atoms with E-state index in [0.717, 1.165) is 18.2 Å². The molecule has 80 valence electrons. The number of carboxylic acids is 2. The SMILES string of the molecule is O=C([O-])C1=CC=CC(C(=O)[O-])C1=S(=O)=O.[Li+].[Li+]. The fourth-order valence-electron chi connectivity index (χ4n) is 1.15. The van der Waals surface area contributed by atoms with Gasteiger partial charge in [0, 0.05) is 5.57 Å². The van der Waals surface area contributed by atoms with Crippen LogP contribution < -0.4 is 47.9 Å². The Morgan fingerprint density at radius 3 is 2.06 bits per heavy atom. The van der Waals surface area contributed by atoms with E-state index in [1.54, 1.807) is 0 Å². The summed E-state index contributed by atoms with van der Waals surface area (Å²) >= 11 is 0. The first-order chi connectivity index (χ1) is 6.95. The molecule has 1 aliphatic rings. The van der Waals surface area contributed by atoms with Crippen LogP contribution in [0.25, 0.3) is 0 Å². The Balaban J connectivity index is 0. The third-order valence-electron chi connectivity index (χ3n) is 1.77. The van der Waals surface area contributed by atoms with Crippen molar-refractivity contribution in [2.45, 2.75) is 0 Å². The number of carbonyl (C=O) groups excluding carboxylic acids is 2. The van der Waals surface area contributed by atoms with Crippen LogP contribution in [0, 0.1) is 5.92 Å². The second-order valence-electron chi connectivity index (χ2n) is 2.65. The van der Waals surface area contributed by atoms with E-state index < -0.39 is 38.6 Å². The van der Waals surface area contributed by atoms with Gasteiger partial charge in [0.05, 0.1) is 22.7 Å². The summed E-state index contributed by atoms with van der Waals surface area (Å²) in [6, 6.07) is 0. The number of hydrogen-bond acceptors (Lipinski definition) is 6. The van der Waals surface area contributed by atoms with Crippen molar-refractivity contribution >= 4 is 27.1 Å². The van der Waals surface area contributed by atoms with Gasteiger partial charge in [-0.15, -0.1) is 0 Å². The molecule has 0 aromatic rings. The van der Waals surface area contributed by atoms with Crippen LogP contribution in [0.1, 0.15) is 0 Å². The maximum absolute atomic E-state index is 10.7. The van der Waals surface area contributed by atoms with Crippen LogP contribution in [0.2, 0.25) is 0 Å². The Morgan fingerprint density at radius 2 is 1.71 bits per heavy atom. The molecule has 0 saturated heterocycles. The number of allylic oxidation sites excluding steroid dienone is 2. The monoisotopic (exact) mass is 242 g/mol. The molecule has 0 saturated carbocycles. The molecule has 0 N–H and O–H groups in total. The molecular weight excluding hydrogens is 238 g/mol. The maximum atomic E-state index is 10.7. The molecule has 0 heterocycles. The van der Waals surface area contributed by atoms with Gasteiger partial charge in [-0.3, -0.25) is 0 Å². The van der Waals surface area contributed by atoms with E-state index >= 15 is 0 Å². The van der Waals surface area contributed by atoms with Crippen molar-refractivity contribution in [3.63, 3.8) is 0 Å². The van der Waals surface area contributed by atoms with Crippen molar-refractivity contribution < 1.29 is 65.9 Å². The minimum absolute atomic E-state index is 0. The minimum Gasteiger partial charge on any atom is -0.549 e. The Morgan fingerprint density at radius 1 is 1.18 bits per heavy atom. The molecule has 0 aliphatic heterocycles. The van der Waals surface area contributed by atoms with Gasteiger partial charge < -0.3 is 19.8 Å². The number of hydrogen-bond donors (Lipinski definition) is 0. The summed E-state index contributed by atoms with van der Waals surface area (Å²) in [5, 5.41) is 21.1. The molecule has 1 aliphatic carbocycles. The number of rotatable bonds is 2. The number of aliphatic carboxylic acids is 2. The van der Waals surface area contributed by atoms with Gasteiger partial charge in [0.15, 0.2) is 0 Å². The zero-order valence-corrected chi connectivity index (χ0v) is 9.98. The summed E-state index contributed by atoms with van der Waals surface area (Å²) in [7, 11) is -2.95. The molecule has 0 aromatic heterocycles. The summed E-state index contributed by atoms with van der Waals surface area (Å²) in [5.74, 6) is -5.01. The summed E-state index contributed by atoms with van der Waals surface area (Å²) in [5.41, 5.74) is -0.667. The standard InChI is InChI=1S/C8H6O6S.2Li/c9-7(10)4-2-1-3-5(8(11)12)6(4)15(13)14;;/h1-4H,(H,9,10)(H,11,12);;/q;2*+1/p-2. The van der Waals surface area contributed by atoms with Crippen LogP contribution in [0.3, 0.4) is 0 Å². The first-order valence-electron chi connectivity index (χ1n) is 3.72. The molecule has 0 radical (unpaired) electrons. The van der Waals surface area contributed by atoms with Crippen molar-refractivity contribution in [1.29, 1.82) is 0 Å². The molecule has 17 heavy (non-hydrogen) atoms. The van der Waals surface area contributed by atoms with Crippen molar-refractivity contribution in [2.24, 2.45) is 5.92 Å². The largest absolute Gasteiger partial charge is 1.00 e. The Bertz CT molecular complexity index is 508. The summed E-state index contributed by atoms with van der Waals surface area (Å²) in [6.07, 6.45) is 3.11. The van der Waals surface area contributed by atoms with Crippen molar-refractivity contribution in [1.82, 2.24) is 0 Å². The van der Waals surface area contributed by atoms with E-state index in [1.807, 2.05) is 0 Å². The van der Waals surface area contributed by atoms with Gasteiger partial charge in [0.1, 0.15) is 0 Å². The van der Waals surface area contributed by atoms with Crippen LogP contribution in [0.5, 0.6) is 0 Å². The Labute approximate surface area is 122 Å². The van der Waals surface area contributed by atoms with Crippen LogP contribution in [0.15, 0.2) is 23.8 Å². The molecule has 0 spiro atoms. The molecule has 0 aromatic carbocycles. The molecule has 9 heteroatoms. The van der Waals surface area contributed by atoms with Crippen LogP contribution >= 0.6 is 0 Å². The second-order valence-corrected chi connectivity index (χ2v) is 3.56. The van der Waals surface area contributed by atoms with E-state index in [2.05, 4.69) is 0 Å². The van der Waals surface area contributed by atoms with Gasteiger partial charge in [-0.25, -0.2) is 0 Å². The van der Waals surface area contributed by atoms with Gasteiger partial charge >= 0.3 is 37.7 Å². The minimum atomic E-state index is -2.95. The Hall–Kier alpha value is -0.695. The van der Waals surface area contributed by atoms with Crippen LogP contribution in [-0.4, -0.2) is 25.2 Å². The van der Waals surface area contributed by atoms with E-state index in [0.29, 0.717) is 0 Å². The average molecular weight is 242 g/mol. The van der Waals surface area contributed by atoms with Gasteiger partial charge in [-0.05, 0) is 0 Å².